The molecule has 0 radical (unpaired) electrons. The molecule has 0 aromatic rings. The summed E-state index contributed by atoms with van der Waals surface area (Å²) < 4.78 is 0. The maximum Gasteiger partial charge on any atom is 0.0459 e. The average molecular weight is 271 g/mol. The fraction of sp³-hybridized carbons (Fsp3) is 1.00. The first-order chi connectivity index (χ1) is 9.35. The van der Waals surface area contributed by atoms with E-state index in [-0.39, 0.29) is 0 Å². The number of aliphatic hydroxyl groups is 1. The Morgan fingerprint density at radius 2 is 0.947 bits per heavy atom. The number of rotatable bonds is 15. The van der Waals surface area contributed by atoms with Crippen molar-refractivity contribution in [1.82, 2.24) is 0 Å². The Morgan fingerprint density at radius 1 is 0.579 bits per heavy atom. The third-order valence-corrected chi connectivity index (χ3v) is 4.19. The summed E-state index contributed by atoms with van der Waals surface area (Å²) in [7, 11) is 0. The van der Waals surface area contributed by atoms with Crippen molar-refractivity contribution < 1.29 is 5.11 Å². The van der Waals surface area contributed by atoms with E-state index in [0.29, 0.717) is 12.5 Å². The van der Waals surface area contributed by atoms with Crippen molar-refractivity contribution in [2.45, 2.75) is 104 Å². The van der Waals surface area contributed by atoms with Crippen molar-refractivity contribution in [1.29, 1.82) is 0 Å². The SMILES string of the molecule is CCCCCCCCC(CO)CCCCCCCC. The standard InChI is InChI=1S/C18H38O/c1-3-5-7-9-11-13-15-18(17-19)16-14-12-10-8-6-4-2/h18-19H,3-17H2,1-2H3. The average Bonchev–Trinajstić information content (AvgIpc) is 2.44. The Bertz CT molecular complexity index is 140. The summed E-state index contributed by atoms with van der Waals surface area (Å²) in [5.41, 5.74) is 0. The second-order valence-corrected chi connectivity index (χ2v) is 6.16. The summed E-state index contributed by atoms with van der Waals surface area (Å²) >= 11 is 0. The predicted molar refractivity (Wildman–Crippen MR) is 86.6 cm³/mol. The van der Waals surface area contributed by atoms with Gasteiger partial charge in [-0.1, -0.05) is 90.9 Å². The normalized spacial score (nSPS) is 11.4. The second kappa shape index (κ2) is 16.0. The molecule has 0 aromatic carbocycles. The van der Waals surface area contributed by atoms with Gasteiger partial charge in [-0.2, -0.15) is 0 Å². The van der Waals surface area contributed by atoms with Gasteiger partial charge in [0.1, 0.15) is 0 Å². The van der Waals surface area contributed by atoms with Crippen LogP contribution in [0.4, 0.5) is 0 Å². The van der Waals surface area contributed by atoms with Crippen LogP contribution in [0.25, 0.3) is 0 Å². The minimum Gasteiger partial charge on any atom is -0.396 e. The molecule has 0 aliphatic rings. The fourth-order valence-corrected chi connectivity index (χ4v) is 2.75. The largest absolute Gasteiger partial charge is 0.396 e. The Kier molecular flexibility index (Phi) is 16.0. The van der Waals surface area contributed by atoms with Gasteiger partial charge >= 0.3 is 0 Å². The van der Waals surface area contributed by atoms with Crippen LogP contribution in [0.5, 0.6) is 0 Å². The van der Waals surface area contributed by atoms with Crippen LogP contribution in [0.3, 0.4) is 0 Å². The fourth-order valence-electron chi connectivity index (χ4n) is 2.75. The van der Waals surface area contributed by atoms with Crippen LogP contribution in [-0.2, 0) is 0 Å². The first-order valence-electron chi connectivity index (χ1n) is 8.96. The van der Waals surface area contributed by atoms with Gasteiger partial charge in [0.15, 0.2) is 0 Å². The Morgan fingerprint density at radius 3 is 1.32 bits per heavy atom. The lowest BCUT2D eigenvalue weighted by molar-refractivity contribution is 0.204. The molecule has 0 heterocycles. The Hall–Kier alpha value is -0.0400. The molecule has 1 heteroatoms. The molecule has 0 fully saturated rings. The van der Waals surface area contributed by atoms with E-state index in [9.17, 15) is 5.11 Å². The summed E-state index contributed by atoms with van der Waals surface area (Å²) in [6.45, 7) is 4.94. The third-order valence-electron chi connectivity index (χ3n) is 4.19. The molecule has 0 amide bonds. The molecule has 0 aliphatic heterocycles. The van der Waals surface area contributed by atoms with E-state index in [0.717, 1.165) is 0 Å². The molecule has 19 heavy (non-hydrogen) atoms. The first-order valence-corrected chi connectivity index (χ1v) is 8.96. The first kappa shape index (κ1) is 19.0. The highest BCUT2D eigenvalue weighted by molar-refractivity contribution is 4.59. The predicted octanol–water partition coefficient (Wildman–Crippen LogP) is 6.10. The van der Waals surface area contributed by atoms with Gasteiger partial charge in [-0.3, -0.25) is 0 Å². The minimum absolute atomic E-state index is 0.407. The van der Waals surface area contributed by atoms with Gasteiger partial charge in [-0.25, -0.2) is 0 Å². The molecular weight excluding hydrogens is 232 g/mol. The molecule has 0 saturated carbocycles. The van der Waals surface area contributed by atoms with Gasteiger partial charge in [0, 0.05) is 6.61 Å². The summed E-state index contributed by atoms with van der Waals surface area (Å²) in [6, 6.07) is 0. The zero-order valence-corrected chi connectivity index (χ0v) is 13.6. The molecule has 1 nitrogen and oxygen atoms in total. The van der Waals surface area contributed by atoms with Gasteiger partial charge < -0.3 is 5.11 Å². The number of hydrogen-bond acceptors (Lipinski definition) is 1. The van der Waals surface area contributed by atoms with E-state index < -0.39 is 0 Å². The lowest BCUT2D eigenvalue weighted by atomic mass is 9.95. The van der Waals surface area contributed by atoms with E-state index in [4.69, 9.17) is 0 Å². The molecular formula is C18H38O. The molecule has 0 saturated heterocycles. The van der Waals surface area contributed by atoms with Gasteiger partial charge in [0.2, 0.25) is 0 Å². The van der Waals surface area contributed by atoms with Crippen molar-refractivity contribution in [2.24, 2.45) is 5.92 Å². The van der Waals surface area contributed by atoms with Crippen LogP contribution in [0.1, 0.15) is 104 Å². The highest BCUT2D eigenvalue weighted by atomic mass is 16.3. The van der Waals surface area contributed by atoms with Crippen LogP contribution in [-0.4, -0.2) is 11.7 Å². The lowest BCUT2D eigenvalue weighted by Gasteiger charge is -2.13. The van der Waals surface area contributed by atoms with Crippen molar-refractivity contribution in [3.8, 4) is 0 Å². The maximum absolute atomic E-state index is 9.41. The van der Waals surface area contributed by atoms with Gasteiger partial charge in [0.25, 0.3) is 0 Å². The molecule has 0 spiro atoms. The summed E-state index contributed by atoms with van der Waals surface area (Å²) in [5.74, 6) is 0.581. The van der Waals surface area contributed by atoms with Crippen molar-refractivity contribution >= 4 is 0 Å². The number of hydrogen-bond donors (Lipinski definition) is 1. The van der Waals surface area contributed by atoms with Crippen LogP contribution in [0.15, 0.2) is 0 Å². The molecule has 0 bridgehead atoms. The molecule has 0 unspecified atom stereocenters. The van der Waals surface area contributed by atoms with Crippen molar-refractivity contribution in [3.05, 3.63) is 0 Å². The molecule has 0 atom stereocenters. The van der Waals surface area contributed by atoms with E-state index >= 15 is 0 Å². The monoisotopic (exact) mass is 270 g/mol. The van der Waals surface area contributed by atoms with E-state index in [1.165, 1.54) is 89.9 Å². The number of aliphatic hydroxyl groups excluding tert-OH is 1. The topological polar surface area (TPSA) is 20.2 Å². The van der Waals surface area contributed by atoms with E-state index in [1.54, 1.807) is 0 Å². The minimum atomic E-state index is 0.407. The van der Waals surface area contributed by atoms with E-state index in [2.05, 4.69) is 13.8 Å². The lowest BCUT2D eigenvalue weighted by Crippen LogP contribution is -2.06. The van der Waals surface area contributed by atoms with E-state index in [1.807, 2.05) is 0 Å². The second-order valence-electron chi connectivity index (χ2n) is 6.16. The third kappa shape index (κ3) is 14.2. The summed E-state index contributed by atoms with van der Waals surface area (Å²) in [6.07, 6.45) is 18.9. The molecule has 0 aromatic heterocycles. The van der Waals surface area contributed by atoms with Crippen molar-refractivity contribution in [3.63, 3.8) is 0 Å². The quantitative estimate of drug-likeness (QED) is 0.357. The molecule has 0 rings (SSSR count). The highest BCUT2D eigenvalue weighted by Crippen LogP contribution is 2.18. The maximum atomic E-state index is 9.41. The smallest absolute Gasteiger partial charge is 0.0459 e. The van der Waals surface area contributed by atoms with Crippen LogP contribution in [0.2, 0.25) is 0 Å². The molecule has 1 N–H and O–H groups in total. The highest BCUT2D eigenvalue weighted by Gasteiger charge is 2.06. The summed E-state index contributed by atoms with van der Waals surface area (Å²) in [5, 5.41) is 9.41. The Balaban J connectivity index is 3.30. The molecule has 116 valence electrons. The zero-order valence-electron chi connectivity index (χ0n) is 13.6. The number of unbranched alkanes of at least 4 members (excludes halogenated alkanes) is 10. The van der Waals surface area contributed by atoms with Gasteiger partial charge in [-0.15, -0.1) is 0 Å². The van der Waals surface area contributed by atoms with Crippen LogP contribution >= 0.6 is 0 Å². The molecule has 0 aliphatic carbocycles. The van der Waals surface area contributed by atoms with Crippen molar-refractivity contribution in [2.75, 3.05) is 6.61 Å². The van der Waals surface area contributed by atoms with Gasteiger partial charge in [-0.05, 0) is 18.8 Å². The van der Waals surface area contributed by atoms with Crippen LogP contribution in [0, 0.1) is 5.92 Å². The Labute approximate surface area is 122 Å². The van der Waals surface area contributed by atoms with Crippen LogP contribution < -0.4 is 0 Å². The van der Waals surface area contributed by atoms with Gasteiger partial charge in [0.05, 0.1) is 0 Å². The zero-order chi connectivity index (χ0) is 14.2. The summed E-state index contributed by atoms with van der Waals surface area (Å²) in [4.78, 5) is 0.